The third-order valence-electron chi connectivity index (χ3n) is 4.30. The minimum absolute atomic E-state index is 0.135. The van der Waals surface area contributed by atoms with Crippen LogP contribution >= 0.6 is 0 Å². The Morgan fingerprint density at radius 1 is 1.38 bits per heavy atom. The SMILES string of the molecule is CCc1ccc(C(CNC(=O)C2CCNC2)N(C)C)cc1. The minimum atomic E-state index is 0.135. The van der Waals surface area contributed by atoms with Crippen molar-refractivity contribution in [2.45, 2.75) is 25.8 Å². The van der Waals surface area contributed by atoms with Gasteiger partial charge in [-0.2, -0.15) is 0 Å². The molecule has 0 saturated carbocycles. The van der Waals surface area contributed by atoms with Gasteiger partial charge in [0.05, 0.1) is 12.0 Å². The van der Waals surface area contributed by atoms with E-state index < -0.39 is 0 Å². The van der Waals surface area contributed by atoms with E-state index in [2.05, 4.69) is 60.8 Å². The number of hydrogen-bond acceptors (Lipinski definition) is 3. The highest BCUT2D eigenvalue weighted by atomic mass is 16.1. The molecule has 4 heteroatoms. The lowest BCUT2D eigenvalue weighted by Gasteiger charge is -2.26. The molecule has 1 aromatic rings. The van der Waals surface area contributed by atoms with E-state index in [-0.39, 0.29) is 17.9 Å². The number of likely N-dealkylation sites (N-methyl/N-ethyl adjacent to an activating group) is 1. The fraction of sp³-hybridized carbons (Fsp3) is 0.588. The summed E-state index contributed by atoms with van der Waals surface area (Å²) < 4.78 is 0. The maximum atomic E-state index is 12.1. The van der Waals surface area contributed by atoms with Gasteiger partial charge < -0.3 is 15.5 Å². The second-order valence-corrected chi connectivity index (χ2v) is 6.01. The summed E-state index contributed by atoms with van der Waals surface area (Å²) in [5.41, 5.74) is 2.60. The lowest BCUT2D eigenvalue weighted by Crippen LogP contribution is -2.38. The van der Waals surface area contributed by atoms with Gasteiger partial charge in [-0.05, 0) is 44.6 Å². The zero-order valence-corrected chi connectivity index (χ0v) is 13.4. The van der Waals surface area contributed by atoms with Crippen molar-refractivity contribution in [2.75, 3.05) is 33.7 Å². The molecular formula is C17H27N3O. The van der Waals surface area contributed by atoms with E-state index in [0.717, 1.165) is 25.9 Å². The Bertz CT molecular complexity index is 450. The van der Waals surface area contributed by atoms with Crippen LogP contribution in [0.25, 0.3) is 0 Å². The highest BCUT2D eigenvalue weighted by Crippen LogP contribution is 2.19. The summed E-state index contributed by atoms with van der Waals surface area (Å²) in [7, 11) is 4.11. The van der Waals surface area contributed by atoms with Crippen LogP contribution in [0.3, 0.4) is 0 Å². The number of carbonyl (C=O) groups is 1. The largest absolute Gasteiger partial charge is 0.354 e. The van der Waals surface area contributed by atoms with Gasteiger partial charge >= 0.3 is 0 Å². The Morgan fingerprint density at radius 3 is 2.62 bits per heavy atom. The van der Waals surface area contributed by atoms with Crippen LogP contribution in [0.4, 0.5) is 0 Å². The molecule has 0 aromatic heterocycles. The third kappa shape index (κ3) is 4.29. The topological polar surface area (TPSA) is 44.4 Å². The normalized spacial score (nSPS) is 19.7. The summed E-state index contributed by atoms with van der Waals surface area (Å²) >= 11 is 0. The molecule has 116 valence electrons. The fourth-order valence-corrected chi connectivity index (χ4v) is 2.79. The predicted octanol–water partition coefficient (Wildman–Crippen LogP) is 1.58. The lowest BCUT2D eigenvalue weighted by molar-refractivity contribution is -0.124. The zero-order chi connectivity index (χ0) is 15.2. The molecule has 4 nitrogen and oxygen atoms in total. The van der Waals surface area contributed by atoms with Crippen molar-refractivity contribution < 1.29 is 4.79 Å². The van der Waals surface area contributed by atoms with Crippen molar-refractivity contribution in [2.24, 2.45) is 5.92 Å². The number of amides is 1. The van der Waals surface area contributed by atoms with E-state index in [1.807, 2.05) is 0 Å². The van der Waals surface area contributed by atoms with Crippen molar-refractivity contribution >= 4 is 5.91 Å². The molecule has 0 aliphatic carbocycles. The Kier molecular flexibility index (Phi) is 5.76. The summed E-state index contributed by atoms with van der Waals surface area (Å²) in [4.78, 5) is 14.3. The van der Waals surface area contributed by atoms with E-state index in [4.69, 9.17) is 0 Å². The van der Waals surface area contributed by atoms with Crippen molar-refractivity contribution in [1.29, 1.82) is 0 Å². The first-order chi connectivity index (χ1) is 10.1. The van der Waals surface area contributed by atoms with Crippen LogP contribution in [0, 0.1) is 5.92 Å². The summed E-state index contributed by atoms with van der Waals surface area (Å²) in [6.07, 6.45) is 2.00. The lowest BCUT2D eigenvalue weighted by atomic mass is 10.0. The molecule has 1 aliphatic heterocycles. The van der Waals surface area contributed by atoms with Crippen molar-refractivity contribution in [1.82, 2.24) is 15.5 Å². The van der Waals surface area contributed by atoms with Crippen LogP contribution in [-0.2, 0) is 11.2 Å². The van der Waals surface area contributed by atoms with E-state index in [1.165, 1.54) is 11.1 Å². The molecule has 1 fully saturated rings. The fourth-order valence-electron chi connectivity index (χ4n) is 2.79. The van der Waals surface area contributed by atoms with Gasteiger partial charge in [0.2, 0.25) is 5.91 Å². The number of rotatable bonds is 6. The molecule has 2 rings (SSSR count). The number of hydrogen-bond donors (Lipinski definition) is 2. The third-order valence-corrected chi connectivity index (χ3v) is 4.30. The van der Waals surface area contributed by atoms with Crippen LogP contribution in [0.2, 0.25) is 0 Å². The highest BCUT2D eigenvalue weighted by Gasteiger charge is 2.23. The molecule has 2 N–H and O–H groups in total. The number of aryl methyl sites for hydroxylation is 1. The molecule has 1 aromatic carbocycles. The quantitative estimate of drug-likeness (QED) is 0.836. The Balaban J connectivity index is 1.96. The maximum absolute atomic E-state index is 12.1. The molecule has 1 heterocycles. The Labute approximate surface area is 127 Å². The molecule has 1 saturated heterocycles. The molecule has 0 bridgehead atoms. The number of carbonyl (C=O) groups excluding carboxylic acids is 1. The monoisotopic (exact) mass is 289 g/mol. The van der Waals surface area contributed by atoms with E-state index in [9.17, 15) is 4.79 Å². The predicted molar refractivity (Wildman–Crippen MR) is 86.2 cm³/mol. The van der Waals surface area contributed by atoms with Crippen molar-refractivity contribution in [3.8, 4) is 0 Å². The summed E-state index contributed by atoms with van der Waals surface area (Å²) in [6.45, 7) is 4.58. The van der Waals surface area contributed by atoms with Gasteiger partial charge in [-0.15, -0.1) is 0 Å². The first kappa shape index (κ1) is 16.0. The van der Waals surface area contributed by atoms with Gasteiger partial charge in [0.25, 0.3) is 0 Å². The van der Waals surface area contributed by atoms with Crippen LogP contribution in [0.15, 0.2) is 24.3 Å². The molecular weight excluding hydrogens is 262 g/mol. The Hall–Kier alpha value is -1.39. The van der Waals surface area contributed by atoms with Crippen LogP contribution in [-0.4, -0.2) is 44.5 Å². The highest BCUT2D eigenvalue weighted by molar-refractivity contribution is 5.79. The molecule has 21 heavy (non-hydrogen) atoms. The molecule has 0 spiro atoms. The van der Waals surface area contributed by atoms with Crippen LogP contribution < -0.4 is 10.6 Å². The van der Waals surface area contributed by atoms with E-state index in [1.54, 1.807) is 0 Å². The molecule has 0 radical (unpaired) electrons. The zero-order valence-electron chi connectivity index (χ0n) is 13.4. The molecule has 2 unspecified atom stereocenters. The maximum Gasteiger partial charge on any atom is 0.224 e. The van der Waals surface area contributed by atoms with E-state index in [0.29, 0.717) is 6.54 Å². The van der Waals surface area contributed by atoms with Gasteiger partial charge in [0.15, 0.2) is 0 Å². The average molecular weight is 289 g/mol. The van der Waals surface area contributed by atoms with Crippen LogP contribution in [0.1, 0.15) is 30.5 Å². The number of benzene rings is 1. The van der Waals surface area contributed by atoms with Gasteiger partial charge in [-0.3, -0.25) is 4.79 Å². The summed E-state index contributed by atoms with van der Waals surface area (Å²) in [5, 5.41) is 6.35. The van der Waals surface area contributed by atoms with Gasteiger partial charge in [0, 0.05) is 13.1 Å². The van der Waals surface area contributed by atoms with Gasteiger partial charge in [-0.1, -0.05) is 31.2 Å². The molecule has 1 aliphatic rings. The van der Waals surface area contributed by atoms with E-state index >= 15 is 0 Å². The molecule has 1 amide bonds. The Morgan fingerprint density at radius 2 is 2.10 bits per heavy atom. The second-order valence-electron chi connectivity index (χ2n) is 6.01. The number of nitrogens with zero attached hydrogens (tertiary/aromatic N) is 1. The van der Waals surface area contributed by atoms with Crippen molar-refractivity contribution in [3.05, 3.63) is 35.4 Å². The van der Waals surface area contributed by atoms with Crippen molar-refractivity contribution in [3.63, 3.8) is 0 Å². The minimum Gasteiger partial charge on any atom is -0.354 e. The first-order valence-electron chi connectivity index (χ1n) is 7.85. The second kappa shape index (κ2) is 7.57. The van der Waals surface area contributed by atoms with Crippen LogP contribution in [0.5, 0.6) is 0 Å². The molecule has 2 atom stereocenters. The first-order valence-corrected chi connectivity index (χ1v) is 7.85. The average Bonchev–Trinajstić information content (AvgIpc) is 3.02. The van der Waals surface area contributed by atoms with Gasteiger partial charge in [0.1, 0.15) is 0 Å². The summed E-state index contributed by atoms with van der Waals surface area (Å²) in [5.74, 6) is 0.312. The standard InChI is InChI=1S/C17H27N3O/c1-4-13-5-7-14(8-6-13)16(20(2)3)12-19-17(21)15-9-10-18-11-15/h5-8,15-16,18H,4,9-12H2,1-3H3,(H,19,21). The number of nitrogens with one attached hydrogen (secondary N) is 2. The smallest absolute Gasteiger partial charge is 0.224 e. The summed E-state index contributed by atoms with van der Waals surface area (Å²) in [6, 6.07) is 8.91. The van der Waals surface area contributed by atoms with Gasteiger partial charge in [-0.25, -0.2) is 0 Å².